The molecule has 0 aliphatic carbocycles. The molecule has 116 valence electrons. The largest absolute Gasteiger partial charge is 0.508 e. The van der Waals surface area contributed by atoms with E-state index in [1.165, 1.54) is 5.56 Å². The van der Waals surface area contributed by atoms with Crippen LogP contribution in [0.15, 0.2) is 54.6 Å². The predicted molar refractivity (Wildman–Crippen MR) is 87.8 cm³/mol. The van der Waals surface area contributed by atoms with Crippen molar-refractivity contribution >= 4 is 0 Å². The third kappa shape index (κ3) is 3.16. The fraction of sp³-hybridized carbons (Fsp3) is 0.368. The van der Waals surface area contributed by atoms with Gasteiger partial charge >= 0.3 is 0 Å². The van der Waals surface area contributed by atoms with E-state index in [2.05, 4.69) is 11.9 Å². The number of aromatic hydroxyl groups is 1. The van der Waals surface area contributed by atoms with Gasteiger partial charge in [-0.3, -0.25) is 0 Å². The van der Waals surface area contributed by atoms with Crippen molar-refractivity contribution in [3.05, 3.63) is 65.7 Å². The molecule has 0 spiro atoms. The fourth-order valence-corrected chi connectivity index (χ4v) is 3.33. The molecule has 2 aromatic rings. The van der Waals surface area contributed by atoms with Gasteiger partial charge in [0.1, 0.15) is 5.75 Å². The van der Waals surface area contributed by atoms with Crippen molar-refractivity contribution in [2.45, 2.75) is 30.9 Å². The lowest BCUT2D eigenvalue weighted by atomic mass is 9.79. The number of phenolic OH excluding ortho intramolecular Hbond substituents is 1. The SMILES string of the molecule is CN1CCC(O)(c2ccccc2)CC1Cc1ccc(O)cc1. The molecule has 3 rings (SSSR count). The Balaban J connectivity index is 1.77. The minimum absolute atomic E-state index is 0.293. The summed E-state index contributed by atoms with van der Waals surface area (Å²) in [6.45, 7) is 0.883. The van der Waals surface area contributed by atoms with Crippen molar-refractivity contribution < 1.29 is 10.2 Å². The molecule has 0 amide bonds. The van der Waals surface area contributed by atoms with Gasteiger partial charge in [-0.25, -0.2) is 0 Å². The lowest BCUT2D eigenvalue weighted by Gasteiger charge is -2.43. The van der Waals surface area contributed by atoms with Gasteiger partial charge in [0, 0.05) is 12.6 Å². The van der Waals surface area contributed by atoms with Crippen molar-refractivity contribution in [1.29, 1.82) is 0 Å². The van der Waals surface area contributed by atoms with Crippen LogP contribution in [-0.4, -0.2) is 34.7 Å². The minimum Gasteiger partial charge on any atom is -0.508 e. The molecule has 3 heteroatoms. The van der Waals surface area contributed by atoms with Gasteiger partial charge in [0.25, 0.3) is 0 Å². The first-order valence-corrected chi connectivity index (χ1v) is 7.83. The van der Waals surface area contributed by atoms with Gasteiger partial charge in [0.2, 0.25) is 0 Å². The molecule has 2 atom stereocenters. The van der Waals surface area contributed by atoms with Crippen molar-refractivity contribution in [3.8, 4) is 5.75 Å². The van der Waals surface area contributed by atoms with Crippen LogP contribution in [0.1, 0.15) is 24.0 Å². The first kappa shape index (κ1) is 15.1. The maximum atomic E-state index is 11.1. The summed E-state index contributed by atoms with van der Waals surface area (Å²) < 4.78 is 0. The summed E-state index contributed by atoms with van der Waals surface area (Å²) in [4.78, 5) is 2.32. The van der Waals surface area contributed by atoms with Gasteiger partial charge in [-0.05, 0) is 49.6 Å². The molecule has 1 aliphatic rings. The molecule has 0 radical (unpaired) electrons. The molecule has 22 heavy (non-hydrogen) atoms. The number of benzene rings is 2. The fourth-order valence-electron chi connectivity index (χ4n) is 3.33. The Bertz CT molecular complexity index is 611. The predicted octanol–water partition coefficient (Wildman–Crippen LogP) is 2.92. The Labute approximate surface area is 131 Å². The number of likely N-dealkylation sites (tertiary alicyclic amines) is 1. The van der Waals surface area contributed by atoms with Gasteiger partial charge in [-0.1, -0.05) is 42.5 Å². The van der Waals surface area contributed by atoms with Gasteiger partial charge < -0.3 is 15.1 Å². The second-order valence-electron chi connectivity index (χ2n) is 6.36. The van der Waals surface area contributed by atoms with Gasteiger partial charge in [0.15, 0.2) is 0 Å². The summed E-state index contributed by atoms with van der Waals surface area (Å²) in [7, 11) is 2.12. The zero-order valence-corrected chi connectivity index (χ0v) is 12.9. The van der Waals surface area contributed by atoms with E-state index >= 15 is 0 Å². The summed E-state index contributed by atoms with van der Waals surface area (Å²) >= 11 is 0. The van der Waals surface area contributed by atoms with E-state index in [0.717, 1.165) is 31.4 Å². The molecular weight excluding hydrogens is 274 g/mol. The third-order valence-corrected chi connectivity index (χ3v) is 4.79. The van der Waals surface area contributed by atoms with E-state index in [4.69, 9.17) is 0 Å². The maximum Gasteiger partial charge on any atom is 0.115 e. The highest BCUT2D eigenvalue weighted by molar-refractivity contribution is 5.28. The number of phenols is 1. The number of hydrogen-bond acceptors (Lipinski definition) is 3. The average molecular weight is 297 g/mol. The first-order chi connectivity index (χ1) is 10.6. The molecule has 1 fully saturated rings. The van der Waals surface area contributed by atoms with Crippen LogP contribution >= 0.6 is 0 Å². The van der Waals surface area contributed by atoms with Crippen molar-refractivity contribution in [2.24, 2.45) is 0 Å². The van der Waals surface area contributed by atoms with Crippen molar-refractivity contribution in [1.82, 2.24) is 4.90 Å². The van der Waals surface area contributed by atoms with Crippen LogP contribution in [0.25, 0.3) is 0 Å². The van der Waals surface area contributed by atoms with Gasteiger partial charge in [0.05, 0.1) is 5.60 Å². The molecule has 2 aromatic carbocycles. The number of likely N-dealkylation sites (N-methyl/N-ethyl adjacent to an activating group) is 1. The smallest absolute Gasteiger partial charge is 0.115 e. The molecule has 1 heterocycles. The van der Waals surface area contributed by atoms with E-state index in [1.807, 2.05) is 42.5 Å². The van der Waals surface area contributed by atoms with E-state index in [0.29, 0.717) is 11.8 Å². The van der Waals surface area contributed by atoms with Crippen LogP contribution in [0.4, 0.5) is 0 Å². The standard InChI is InChI=1S/C19H23NO2/c1-20-12-11-19(22,16-5-3-2-4-6-16)14-17(20)13-15-7-9-18(21)10-8-15/h2-10,17,21-22H,11-14H2,1H3. The van der Waals surface area contributed by atoms with Gasteiger partial charge in [-0.2, -0.15) is 0 Å². The summed E-state index contributed by atoms with van der Waals surface area (Å²) in [5.74, 6) is 0.293. The molecular formula is C19H23NO2. The van der Waals surface area contributed by atoms with Crippen LogP contribution in [-0.2, 0) is 12.0 Å². The van der Waals surface area contributed by atoms with Crippen molar-refractivity contribution in [2.75, 3.05) is 13.6 Å². The highest BCUT2D eigenvalue weighted by Gasteiger charge is 2.38. The zero-order chi connectivity index (χ0) is 15.6. The monoisotopic (exact) mass is 297 g/mol. The third-order valence-electron chi connectivity index (χ3n) is 4.79. The molecule has 2 unspecified atom stereocenters. The van der Waals surface area contributed by atoms with E-state index in [9.17, 15) is 10.2 Å². The number of piperidine rings is 1. The Morgan fingerprint density at radius 1 is 1.09 bits per heavy atom. The number of aliphatic hydroxyl groups is 1. The van der Waals surface area contributed by atoms with Crippen LogP contribution in [0.3, 0.4) is 0 Å². The van der Waals surface area contributed by atoms with Crippen LogP contribution in [0.5, 0.6) is 5.75 Å². The van der Waals surface area contributed by atoms with Crippen LogP contribution < -0.4 is 0 Å². The summed E-state index contributed by atoms with van der Waals surface area (Å²) in [6, 6.07) is 17.6. The van der Waals surface area contributed by atoms with E-state index in [-0.39, 0.29) is 0 Å². The summed E-state index contributed by atoms with van der Waals surface area (Å²) in [6.07, 6.45) is 2.37. The highest BCUT2D eigenvalue weighted by Crippen LogP contribution is 2.36. The highest BCUT2D eigenvalue weighted by atomic mass is 16.3. The molecule has 0 aromatic heterocycles. The molecule has 1 saturated heterocycles. The lowest BCUT2D eigenvalue weighted by molar-refractivity contribution is -0.0446. The molecule has 2 N–H and O–H groups in total. The normalized spacial score (nSPS) is 26.0. The Hall–Kier alpha value is -1.84. The van der Waals surface area contributed by atoms with Gasteiger partial charge in [-0.15, -0.1) is 0 Å². The Morgan fingerprint density at radius 2 is 1.77 bits per heavy atom. The molecule has 0 saturated carbocycles. The minimum atomic E-state index is -0.741. The number of nitrogens with zero attached hydrogens (tertiary/aromatic N) is 1. The average Bonchev–Trinajstić information content (AvgIpc) is 2.54. The van der Waals surface area contributed by atoms with E-state index < -0.39 is 5.60 Å². The summed E-state index contributed by atoms with van der Waals surface area (Å²) in [5.41, 5.74) is 1.46. The quantitative estimate of drug-likeness (QED) is 0.915. The molecule has 0 bridgehead atoms. The second kappa shape index (κ2) is 6.11. The molecule has 3 nitrogen and oxygen atoms in total. The maximum absolute atomic E-state index is 11.1. The molecule has 1 aliphatic heterocycles. The first-order valence-electron chi connectivity index (χ1n) is 7.83. The van der Waals surface area contributed by atoms with E-state index in [1.54, 1.807) is 12.1 Å². The second-order valence-corrected chi connectivity index (χ2v) is 6.36. The summed E-state index contributed by atoms with van der Waals surface area (Å²) in [5, 5.41) is 20.5. The Morgan fingerprint density at radius 3 is 2.45 bits per heavy atom. The number of rotatable bonds is 3. The zero-order valence-electron chi connectivity index (χ0n) is 12.9. The van der Waals surface area contributed by atoms with Crippen molar-refractivity contribution in [3.63, 3.8) is 0 Å². The lowest BCUT2D eigenvalue weighted by Crippen LogP contribution is -2.48. The number of hydrogen-bond donors (Lipinski definition) is 2. The van der Waals surface area contributed by atoms with Crippen LogP contribution in [0.2, 0.25) is 0 Å². The topological polar surface area (TPSA) is 43.7 Å². The Kier molecular flexibility index (Phi) is 4.19. The van der Waals surface area contributed by atoms with Crippen LogP contribution in [0, 0.1) is 0 Å².